The zero-order valence-corrected chi connectivity index (χ0v) is 9.97. The second-order valence-electron chi connectivity index (χ2n) is 4.36. The van der Waals surface area contributed by atoms with Crippen molar-refractivity contribution < 1.29 is 9.84 Å². The predicted octanol–water partition coefficient (Wildman–Crippen LogP) is 3.51. The summed E-state index contributed by atoms with van der Waals surface area (Å²) in [6.45, 7) is 0.528. The van der Waals surface area contributed by atoms with E-state index in [0.29, 0.717) is 12.4 Å². The third kappa shape index (κ3) is 1.97. The van der Waals surface area contributed by atoms with E-state index in [4.69, 9.17) is 4.74 Å². The molecule has 0 aromatic heterocycles. The van der Waals surface area contributed by atoms with Crippen molar-refractivity contribution in [1.29, 1.82) is 0 Å². The summed E-state index contributed by atoms with van der Waals surface area (Å²) in [5.74, 6) is 1.08. The Balaban J connectivity index is 1.77. The minimum atomic E-state index is 0.296. The number of fused-ring (bicyclic) bond motifs is 1. The number of phenolic OH excluding ortho intramolecular Hbond substituents is 1. The lowest BCUT2D eigenvalue weighted by Crippen LogP contribution is -1.93. The standard InChI is InChI=1S/C16H14O2/c17-14-8-4-7-13-9-10-15(16(13)14)18-11-12-5-2-1-3-6-12/h1-8,10,17H,9,11H2. The van der Waals surface area contributed by atoms with Crippen molar-refractivity contribution in [1.82, 2.24) is 0 Å². The van der Waals surface area contributed by atoms with Crippen molar-refractivity contribution in [3.05, 3.63) is 71.3 Å². The highest BCUT2D eigenvalue weighted by Gasteiger charge is 2.18. The van der Waals surface area contributed by atoms with Crippen LogP contribution in [0.15, 0.2) is 54.6 Å². The van der Waals surface area contributed by atoms with Gasteiger partial charge in [0.15, 0.2) is 0 Å². The van der Waals surface area contributed by atoms with E-state index >= 15 is 0 Å². The number of hydrogen-bond donors (Lipinski definition) is 1. The van der Waals surface area contributed by atoms with Crippen LogP contribution < -0.4 is 0 Å². The maximum atomic E-state index is 9.88. The molecule has 0 radical (unpaired) electrons. The van der Waals surface area contributed by atoms with Crippen LogP contribution in [0, 0.1) is 0 Å². The Labute approximate surface area is 106 Å². The molecule has 3 rings (SSSR count). The molecule has 90 valence electrons. The Morgan fingerprint density at radius 3 is 2.67 bits per heavy atom. The number of ether oxygens (including phenoxy) is 1. The maximum absolute atomic E-state index is 9.88. The quantitative estimate of drug-likeness (QED) is 0.886. The highest BCUT2D eigenvalue weighted by atomic mass is 16.5. The van der Waals surface area contributed by atoms with E-state index in [0.717, 1.165) is 28.9 Å². The molecule has 0 saturated heterocycles. The van der Waals surface area contributed by atoms with Crippen LogP contribution >= 0.6 is 0 Å². The van der Waals surface area contributed by atoms with Crippen LogP contribution in [-0.2, 0) is 17.8 Å². The first-order chi connectivity index (χ1) is 8.84. The second kappa shape index (κ2) is 4.57. The molecule has 0 unspecified atom stereocenters. The van der Waals surface area contributed by atoms with E-state index in [9.17, 15) is 5.11 Å². The number of phenols is 1. The van der Waals surface area contributed by atoms with Crippen LogP contribution in [0.5, 0.6) is 5.75 Å². The summed E-state index contributed by atoms with van der Waals surface area (Å²) in [4.78, 5) is 0. The zero-order valence-electron chi connectivity index (χ0n) is 9.97. The van der Waals surface area contributed by atoms with Crippen LogP contribution in [0.2, 0.25) is 0 Å². The van der Waals surface area contributed by atoms with Crippen molar-refractivity contribution in [2.24, 2.45) is 0 Å². The molecule has 0 fully saturated rings. The highest BCUT2D eigenvalue weighted by Crippen LogP contribution is 2.35. The van der Waals surface area contributed by atoms with Gasteiger partial charge in [0.2, 0.25) is 0 Å². The summed E-state index contributed by atoms with van der Waals surface area (Å²) >= 11 is 0. The minimum absolute atomic E-state index is 0.296. The predicted molar refractivity (Wildman–Crippen MR) is 71.0 cm³/mol. The third-order valence-electron chi connectivity index (χ3n) is 3.12. The first-order valence-corrected chi connectivity index (χ1v) is 6.03. The normalized spacial score (nSPS) is 13.0. The molecule has 18 heavy (non-hydrogen) atoms. The molecule has 0 bridgehead atoms. The van der Waals surface area contributed by atoms with E-state index in [1.807, 2.05) is 48.5 Å². The van der Waals surface area contributed by atoms with Gasteiger partial charge < -0.3 is 9.84 Å². The van der Waals surface area contributed by atoms with E-state index < -0.39 is 0 Å². The number of rotatable bonds is 3. The van der Waals surface area contributed by atoms with Crippen LogP contribution in [0.25, 0.3) is 5.76 Å². The Kier molecular flexibility index (Phi) is 2.77. The fourth-order valence-electron chi connectivity index (χ4n) is 2.21. The van der Waals surface area contributed by atoms with E-state index in [1.165, 1.54) is 0 Å². The maximum Gasteiger partial charge on any atom is 0.127 e. The molecule has 0 aliphatic heterocycles. The minimum Gasteiger partial charge on any atom is -0.507 e. The van der Waals surface area contributed by atoms with Gasteiger partial charge in [0.25, 0.3) is 0 Å². The fraction of sp³-hybridized carbons (Fsp3) is 0.125. The first-order valence-electron chi connectivity index (χ1n) is 6.03. The lowest BCUT2D eigenvalue weighted by Gasteiger charge is -2.10. The molecule has 2 aromatic rings. The van der Waals surface area contributed by atoms with Crippen molar-refractivity contribution in [2.75, 3.05) is 0 Å². The summed E-state index contributed by atoms with van der Waals surface area (Å²) < 4.78 is 5.80. The molecular weight excluding hydrogens is 224 g/mol. The average Bonchev–Trinajstić information content (AvgIpc) is 2.82. The van der Waals surface area contributed by atoms with Gasteiger partial charge in [-0.25, -0.2) is 0 Å². The van der Waals surface area contributed by atoms with Gasteiger partial charge in [0.1, 0.15) is 18.1 Å². The number of aromatic hydroxyl groups is 1. The molecular formula is C16H14O2. The largest absolute Gasteiger partial charge is 0.507 e. The lowest BCUT2D eigenvalue weighted by atomic mass is 10.1. The van der Waals surface area contributed by atoms with Crippen molar-refractivity contribution in [2.45, 2.75) is 13.0 Å². The van der Waals surface area contributed by atoms with E-state index in [1.54, 1.807) is 6.07 Å². The molecule has 0 atom stereocenters. The van der Waals surface area contributed by atoms with Crippen LogP contribution in [0.4, 0.5) is 0 Å². The van der Waals surface area contributed by atoms with Gasteiger partial charge in [-0.3, -0.25) is 0 Å². The van der Waals surface area contributed by atoms with Gasteiger partial charge in [-0.05, 0) is 29.7 Å². The molecule has 2 aromatic carbocycles. The Morgan fingerprint density at radius 2 is 1.83 bits per heavy atom. The number of allylic oxidation sites excluding steroid dienone is 1. The Bertz CT molecular complexity index is 585. The molecule has 1 aliphatic carbocycles. The van der Waals surface area contributed by atoms with Gasteiger partial charge >= 0.3 is 0 Å². The van der Waals surface area contributed by atoms with Gasteiger partial charge in [0, 0.05) is 0 Å². The highest BCUT2D eigenvalue weighted by molar-refractivity contribution is 5.73. The molecule has 2 nitrogen and oxygen atoms in total. The topological polar surface area (TPSA) is 29.5 Å². The first kappa shape index (κ1) is 10.9. The smallest absolute Gasteiger partial charge is 0.127 e. The van der Waals surface area contributed by atoms with Crippen molar-refractivity contribution in [3.8, 4) is 5.75 Å². The summed E-state index contributed by atoms with van der Waals surface area (Å²) in [6, 6.07) is 15.6. The monoisotopic (exact) mass is 238 g/mol. The molecule has 0 spiro atoms. The molecule has 0 heterocycles. The van der Waals surface area contributed by atoms with Crippen molar-refractivity contribution in [3.63, 3.8) is 0 Å². The zero-order chi connectivity index (χ0) is 12.4. The molecule has 0 amide bonds. The van der Waals surface area contributed by atoms with Crippen LogP contribution in [0.3, 0.4) is 0 Å². The molecule has 2 heteroatoms. The molecule has 0 saturated carbocycles. The summed E-state index contributed by atoms with van der Waals surface area (Å²) in [6.07, 6.45) is 2.85. The van der Waals surface area contributed by atoms with Gasteiger partial charge in [0.05, 0.1) is 5.56 Å². The molecule has 1 N–H and O–H groups in total. The van der Waals surface area contributed by atoms with Crippen LogP contribution in [0.1, 0.15) is 16.7 Å². The molecule has 1 aliphatic rings. The fourth-order valence-corrected chi connectivity index (χ4v) is 2.21. The van der Waals surface area contributed by atoms with E-state index in [2.05, 4.69) is 0 Å². The van der Waals surface area contributed by atoms with Crippen molar-refractivity contribution >= 4 is 5.76 Å². The van der Waals surface area contributed by atoms with Gasteiger partial charge in [-0.2, -0.15) is 0 Å². The summed E-state index contributed by atoms with van der Waals surface area (Å²) in [7, 11) is 0. The third-order valence-corrected chi connectivity index (χ3v) is 3.12. The van der Waals surface area contributed by atoms with Crippen LogP contribution in [-0.4, -0.2) is 5.11 Å². The summed E-state index contributed by atoms with van der Waals surface area (Å²) in [5.41, 5.74) is 3.09. The van der Waals surface area contributed by atoms with Gasteiger partial charge in [-0.1, -0.05) is 42.5 Å². The Morgan fingerprint density at radius 1 is 1.00 bits per heavy atom. The number of hydrogen-bond acceptors (Lipinski definition) is 2. The average molecular weight is 238 g/mol. The lowest BCUT2D eigenvalue weighted by molar-refractivity contribution is 0.263. The van der Waals surface area contributed by atoms with Gasteiger partial charge in [-0.15, -0.1) is 0 Å². The number of benzene rings is 2. The SMILES string of the molecule is Oc1cccc2c1C(OCc1ccccc1)=CC2. The Hall–Kier alpha value is -2.22. The second-order valence-corrected chi connectivity index (χ2v) is 4.36. The van der Waals surface area contributed by atoms with E-state index in [-0.39, 0.29) is 0 Å². The summed E-state index contributed by atoms with van der Waals surface area (Å²) in [5, 5.41) is 9.88.